The van der Waals surface area contributed by atoms with Gasteiger partial charge in [0.05, 0.1) is 17.4 Å². The van der Waals surface area contributed by atoms with Crippen molar-refractivity contribution in [3.63, 3.8) is 0 Å². The van der Waals surface area contributed by atoms with E-state index in [4.69, 9.17) is 4.42 Å². The minimum absolute atomic E-state index is 0.0373. The lowest BCUT2D eigenvalue weighted by Gasteiger charge is -2.22. The monoisotopic (exact) mass is 330 g/mol. The Hall–Kier alpha value is -3.16. The Balaban J connectivity index is 2.25. The molecular weight excluding hydrogens is 312 g/mol. The molecule has 1 aromatic heterocycles. The molecule has 0 aliphatic heterocycles. The maximum absolute atomic E-state index is 11.8. The van der Waals surface area contributed by atoms with Gasteiger partial charge >= 0.3 is 5.91 Å². The number of non-ortho nitro benzene ring substituents is 1. The van der Waals surface area contributed by atoms with Gasteiger partial charge in [-0.25, -0.2) is 5.43 Å². The standard InChI is InChI=1S/C16H18N4O4/c1-3-19(4-2)14-8-7-13(20(22)23)10-12(14)11-17-18-16(21)15-6-5-9-24-15/h5-11H,3-4H2,1-2H3,(H,18,21)/b17-11-. The Morgan fingerprint density at radius 3 is 2.71 bits per heavy atom. The van der Waals surface area contributed by atoms with Gasteiger partial charge in [-0.2, -0.15) is 5.10 Å². The van der Waals surface area contributed by atoms with Crippen LogP contribution in [-0.2, 0) is 0 Å². The summed E-state index contributed by atoms with van der Waals surface area (Å²) in [4.78, 5) is 24.3. The summed E-state index contributed by atoms with van der Waals surface area (Å²) in [5, 5.41) is 14.9. The molecule has 1 amide bonds. The first-order chi connectivity index (χ1) is 11.6. The lowest BCUT2D eigenvalue weighted by Crippen LogP contribution is -2.23. The molecule has 0 spiro atoms. The maximum atomic E-state index is 11.8. The largest absolute Gasteiger partial charge is 0.459 e. The summed E-state index contributed by atoms with van der Waals surface area (Å²) in [5.41, 5.74) is 3.65. The van der Waals surface area contributed by atoms with E-state index in [0.29, 0.717) is 5.56 Å². The summed E-state index contributed by atoms with van der Waals surface area (Å²) >= 11 is 0. The average Bonchev–Trinajstić information content (AvgIpc) is 3.11. The topological polar surface area (TPSA) is 101 Å². The number of carbonyl (C=O) groups excluding carboxylic acids is 1. The highest BCUT2D eigenvalue weighted by Crippen LogP contribution is 2.24. The molecule has 0 aliphatic carbocycles. The zero-order chi connectivity index (χ0) is 17.5. The Labute approximate surface area is 138 Å². The molecular formula is C16H18N4O4. The van der Waals surface area contributed by atoms with E-state index >= 15 is 0 Å². The van der Waals surface area contributed by atoms with Crippen LogP contribution in [0.4, 0.5) is 11.4 Å². The molecule has 0 atom stereocenters. The van der Waals surface area contributed by atoms with Crippen molar-refractivity contribution in [3.05, 3.63) is 58.0 Å². The quantitative estimate of drug-likeness (QED) is 0.478. The summed E-state index contributed by atoms with van der Waals surface area (Å²) in [6.45, 7) is 5.47. The number of nitro groups is 1. The molecule has 2 aromatic rings. The molecule has 2 rings (SSSR count). The van der Waals surface area contributed by atoms with Crippen molar-refractivity contribution in [3.8, 4) is 0 Å². The van der Waals surface area contributed by atoms with Crippen molar-refractivity contribution >= 4 is 23.5 Å². The molecule has 0 fully saturated rings. The number of nitrogens with one attached hydrogen (secondary N) is 1. The molecule has 126 valence electrons. The summed E-state index contributed by atoms with van der Waals surface area (Å²) in [6, 6.07) is 7.67. The SMILES string of the molecule is CCN(CC)c1ccc([N+](=O)[O-])cc1/C=N\NC(=O)c1ccco1. The molecule has 1 aromatic carbocycles. The Kier molecular flexibility index (Phi) is 5.67. The summed E-state index contributed by atoms with van der Waals surface area (Å²) in [5.74, 6) is -0.360. The number of hydrazone groups is 1. The van der Waals surface area contributed by atoms with Crippen LogP contribution in [-0.4, -0.2) is 30.1 Å². The van der Waals surface area contributed by atoms with Crippen LogP contribution in [0.2, 0.25) is 0 Å². The van der Waals surface area contributed by atoms with E-state index in [2.05, 4.69) is 10.5 Å². The molecule has 0 unspecified atom stereocenters. The molecule has 1 heterocycles. The minimum atomic E-state index is -0.494. The zero-order valence-corrected chi connectivity index (χ0v) is 13.4. The van der Waals surface area contributed by atoms with Crippen molar-refractivity contribution in [2.45, 2.75) is 13.8 Å². The van der Waals surface area contributed by atoms with Crippen LogP contribution >= 0.6 is 0 Å². The second-order valence-corrected chi connectivity index (χ2v) is 4.85. The minimum Gasteiger partial charge on any atom is -0.459 e. The van der Waals surface area contributed by atoms with Gasteiger partial charge in [-0.3, -0.25) is 14.9 Å². The zero-order valence-electron chi connectivity index (χ0n) is 13.4. The molecule has 24 heavy (non-hydrogen) atoms. The number of furan rings is 1. The fourth-order valence-corrected chi connectivity index (χ4v) is 2.23. The van der Waals surface area contributed by atoms with Gasteiger partial charge in [0.2, 0.25) is 0 Å². The molecule has 8 nitrogen and oxygen atoms in total. The highest BCUT2D eigenvalue weighted by Gasteiger charge is 2.13. The van der Waals surface area contributed by atoms with Gasteiger partial charge in [0, 0.05) is 36.5 Å². The van der Waals surface area contributed by atoms with Gasteiger partial charge in [-0.05, 0) is 32.0 Å². The van der Waals surface area contributed by atoms with Gasteiger partial charge in [-0.1, -0.05) is 0 Å². The summed E-state index contributed by atoms with van der Waals surface area (Å²) < 4.78 is 4.96. The number of hydrogen-bond acceptors (Lipinski definition) is 6. The molecule has 1 N–H and O–H groups in total. The van der Waals surface area contributed by atoms with Gasteiger partial charge in [0.1, 0.15) is 0 Å². The lowest BCUT2D eigenvalue weighted by atomic mass is 10.1. The number of carbonyl (C=O) groups is 1. The first-order valence-electron chi connectivity index (χ1n) is 7.47. The van der Waals surface area contributed by atoms with Crippen LogP contribution in [0.5, 0.6) is 0 Å². The van der Waals surface area contributed by atoms with Crippen LogP contribution in [0.15, 0.2) is 46.1 Å². The molecule has 0 saturated carbocycles. The molecule has 0 radical (unpaired) electrons. The number of amides is 1. The molecule has 8 heteroatoms. The van der Waals surface area contributed by atoms with E-state index in [9.17, 15) is 14.9 Å². The summed E-state index contributed by atoms with van der Waals surface area (Å²) in [6.07, 6.45) is 2.78. The van der Waals surface area contributed by atoms with E-state index in [-0.39, 0.29) is 11.4 Å². The van der Waals surface area contributed by atoms with E-state index in [1.54, 1.807) is 12.1 Å². The van der Waals surface area contributed by atoms with Gasteiger partial charge in [0.25, 0.3) is 5.69 Å². The van der Waals surface area contributed by atoms with Gasteiger partial charge < -0.3 is 9.32 Å². The van der Waals surface area contributed by atoms with Crippen LogP contribution < -0.4 is 10.3 Å². The second kappa shape index (κ2) is 7.91. The number of rotatable bonds is 7. The Morgan fingerprint density at radius 2 is 2.12 bits per heavy atom. The van der Waals surface area contributed by atoms with Crippen LogP contribution in [0.25, 0.3) is 0 Å². The third-order valence-corrected chi connectivity index (χ3v) is 3.44. The van der Waals surface area contributed by atoms with E-state index in [1.165, 1.54) is 30.7 Å². The average molecular weight is 330 g/mol. The van der Waals surface area contributed by atoms with Crippen molar-refractivity contribution in [2.24, 2.45) is 5.10 Å². The van der Waals surface area contributed by atoms with Crippen LogP contribution in [0, 0.1) is 10.1 Å². The van der Waals surface area contributed by atoms with Crippen LogP contribution in [0.1, 0.15) is 30.0 Å². The van der Waals surface area contributed by atoms with E-state index in [1.807, 2.05) is 18.7 Å². The smallest absolute Gasteiger partial charge is 0.307 e. The number of benzene rings is 1. The fourth-order valence-electron chi connectivity index (χ4n) is 2.23. The van der Waals surface area contributed by atoms with Crippen LogP contribution in [0.3, 0.4) is 0 Å². The highest BCUT2D eigenvalue weighted by molar-refractivity contribution is 5.93. The predicted octanol–water partition coefficient (Wildman–Crippen LogP) is 2.80. The first-order valence-corrected chi connectivity index (χ1v) is 7.47. The summed E-state index contributed by atoms with van der Waals surface area (Å²) in [7, 11) is 0. The van der Waals surface area contributed by atoms with E-state index in [0.717, 1.165) is 18.8 Å². The van der Waals surface area contributed by atoms with Crippen molar-refractivity contribution in [1.82, 2.24) is 5.43 Å². The van der Waals surface area contributed by atoms with Crippen molar-refractivity contribution < 1.29 is 14.1 Å². The van der Waals surface area contributed by atoms with Gasteiger partial charge in [-0.15, -0.1) is 0 Å². The third-order valence-electron chi connectivity index (χ3n) is 3.44. The maximum Gasteiger partial charge on any atom is 0.307 e. The van der Waals surface area contributed by atoms with Crippen molar-refractivity contribution in [2.75, 3.05) is 18.0 Å². The second-order valence-electron chi connectivity index (χ2n) is 4.85. The normalized spacial score (nSPS) is 10.8. The number of nitrogens with zero attached hydrogens (tertiary/aromatic N) is 3. The Bertz CT molecular complexity index is 737. The molecule has 0 saturated heterocycles. The number of anilines is 1. The first kappa shape index (κ1) is 17.2. The van der Waals surface area contributed by atoms with Crippen molar-refractivity contribution in [1.29, 1.82) is 0 Å². The fraction of sp³-hybridized carbons (Fsp3) is 0.250. The number of nitro benzene ring substituents is 1. The molecule has 0 bridgehead atoms. The van der Waals surface area contributed by atoms with E-state index < -0.39 is 10.8 Å². The highest BCUT2D eigenvalue weighted by atomic mass is 16.6. The number of hydrogen-bond donors (Lipinski definition) is 1. The molecule has 0 aliphatic rings. The third kappa shape index (κ3) is 3.97. The predicted molar refractivity (Wildman–Crippen MR) is 90.4 cm³/mol. The lowest BCUT2D eigenvalue weighted by molar-refractivity contribution is -0.384. The van der Waals surface area contributed by atoms with Gasteiger partial charge in [0.15, 0.2) is 5.76 Å². The Morgan fingerprint density at radius 1 is 1.38 bits per heavy atom.